The Bertz CT molecular complexity index is 346. The first-order valence-corrected chi connectivity index (χ1v) is 4.25. The van der Waals surface area contributed by atoms with E-state index in [2.05, 4.69) is 4.98 Å². The molecule has 2 heterocycles. The molecule has 74 valence electrons. The number of hydrogen-bond donors (Lipinski definition) is 1. The average Bonchev–Trinajstić information content (AvgIpc) is 2.13. The molecule has 0 aliphatic carbocycles. The summed E-state index contributed by atoms with van der Waals surface area (Å²) in [5, 5.41) is 8.61. The molecule has 1 N–H and O–H groups in total. The summed E-state index contributed by atoms with van der Waals surface area (Å²) in [4.78, 5) is 16.2. The molecule has 1 aliphatic heterocycles. The molecule has 0 atom stereocenters. The van der Waals surface area contributed by atoms with Crippen molar-refractivity contribution in [2.24, 2.45) is 0 Å². The fraction of sp³-hybridized carbons (Fsp3) is 0.333. The molecule has 0 unspecified atom stereocenters. The maximum absolute atomic E-state index is 12.5. The SMILES string of the molecule is O=C(O)c1ccc(N2CC(F)C2)nc1. The molecule has 0 amide bonds. The van der Waals surface area contributed by atoms with Crippen LogP contribution in [0.2, 0.25) is 0 Å². The first kappa shape index (κ1) is 8.93. The molecule has 0 spiro atoms. The first-order chi connectivity index (χ1) is 6.66. The number of anilines is 1. The maximum atomic E-state index is 12.5. The molecule has 2 rings (SSSR count). The zero-order chi connectivity index (χ0) is 10.1. The number of hydrogen-bond acceptors (Lipinski definition) is 3. The zero-order valence-electron chi connectivity index (χ0n) is 7.35. The minimum absolute atomic E-state index is 0.145. The molecule has 0 saturated carbocycles. The highest BCUT2D eigenvalue weighted by molar-refractivity contribution is 5.87. The van der Waals surface area contributed by atoms with Gasteiger partial charge in [-0.3, -0.25) is 0 Å². The van der Waals surface area contributed by atoms with Gasteiger partial charge in [0.15, 0.2) is 0 Å². The number of carboxylic acid groups (broad SMARTS) is 1. The quantitative estimate of drug-likeness (QED) is 0.764. The number of nitrogens with zero attached hydrogens (tertiary/aromatic N) is 2. The second-order valence-corrected chi connectivity index (χ2v) is 3.21. The van der Waals surface area contributed by atoms with Gasteiger partial charge in [0, 0.05) is 6.20 Å². The van der Waals surface area contributed by atoms with Gasteiger partial charge in [0.2, 0.25) is 0 Å². The Balaban J connectivity index is 2.10. The molecule has 0 radical (unpaired) electrons. The van der Waals surface area contributed by atoms with Crippen molar-refractivity contribution >= 4 is 11.8 Å². The number of carboxylic acids is 1. The molecule has 0 aromatic carbocycles. The van der Waals surface area contributed by atoms with E-state index in [-0.39, 0.29) is 5.56 Å². The summed E-state index contributed by atoms with van der Waals surface area (Å²) in [6.07, 6.45) is 0.499. The molecule has 1 saturated heterocycles. The van der Waals surface area contributed by atoms with E-state index in [4.69, 9.17) is 5.11 Å². The van der Waals surface area contributed by atoms with Crippen molar-refractivity contribution < 1.29 is 14.3 Å². The summed E-state index contributed by atoms with van der Waals surface area (Å²) in [5.74, 6) is -0.375. The van der Waals surface area contributed by atoms with Crippen molar-refractivity contribution in [3.05, 3.63) is 23.9 Å². The molecule has 1 aliphatic rings. The highest BCUT2D eigenvalue weighted by atomic mass is 19.1. The third-order valence-electron chi connectivity index (χ3n) is 2.16. The Hall–Kier alpha value is -1.65. The molecule has 1 aromatic rings. The van der Waals surface area contributed by atoms with E-state index in [9.17, 15) is 9.18 Å². The van der Waals surface area contributed by atoms with Crippen LogP contribution in [0.25, 0.3) is 0 Å². The number of pyridine rings is 1. The van der Waals surface area contributed by atoms with E-state index in [0.29, 0.717) is 18.9 Å². The van der Waals surface area contributed by atoms with Crippen LogP contribution >= 0.6 is 0 Å². The summed E-state index contributed by atoms with van der Waals surface area (Å²) in [5.41, 5.74) is 0.145. The minimum Gasteiger partial charge on any atom is -0.478 e. The number of aromatic nitrogens is 1. The van der Waals surface area contributed by atoms with Crippen molar-refractivity contribution in [2.45, 2.75) is 6.17 Å². The molecule has 14 heavy (non-hydrogen) atoms. The zero-order valence-corrected chi connectivity index (χ0v) is 7.35. The van der Waals surface area contributed by atoms with Crippen LogP contribution in [-0.2, 0) is 0 Å². The third-order valence-corrected chi connectivity index (χ3v) is 2.16. The van der Waals surface area contributed by atoms with Crippen molar-refractivity contribution in [2.75, 3.05) is 18.0 Å². The predicted molar refractivity (Wildman–Crippen MR) is 48.3 cm³/mol. The lowest BCUT2D eigenvalue weighted by Crippen LogP contribution is -2.48. The van der Waals surface area contributed by atoms with E-state index in [1.807, 2.05) is 0 Å². The lowest BCUT2D eigenvalue weighted by atomic mass is 10.2. The van der Waals surface area contributed by atoms with Gasteiger partial charge in [0.25, 0.3) is 0 Å². The van der Waals surface area contributed by atoms with Gasteiger partial charge in [-0.25, -0.2) is 14.2 Å². The summed E-state index contributed by atoms with van der Waals surface area (Å²) in [7, 11) is 0. The van der Waals surface area contributed by atoms with Gasteiger partial charge in [-0.15, -0.1) is 0 Å². The fourth-order valence-corrected chi connectivity index (χ4v) is 1.31. The largest absolute Gasteiger partial charge is 0.478 e. The van der Waals surface area contributed by atoms with Crippen LogP contribution in [0.4, 0.5) is 10.2 Å². The molecule has 1 fully saturated rings. The summed E-state index contributed by atoms with van der Waals surface area (Å²) < 4.78 is 12.5. The molecule has 5 heteroatoms. The van der Waals surface area contributed by atoms with Crippen molar-refractivity contribution in [1.29, 1.82) is 0 Å². The second kappa shape index (κ2) is 3.25. The number of alkyl halides is 1. The maximum Gasteiger partial charge on any atom is 0.337 e. The number of aromatic carboxylic acids is 1. The topological polar surface area (TPSA) is 53.4 Å². The van der Waals surface area contributed by atoms with Crippen LogP contribution in [0.5, 0.6) is 0 Å². The first-order valence-electron chi connectivity index (χ1n) is 4.25. The molecule has 0 bridgehead atoms. The van der Waals surface area contributed by atoms with E-state index < -0.39 is 12.1 Å². The second-order valence-electron chi connectivity index (χ2n) is 3.21. The highest BCUT2D eigenvalue weighted by Crippen LogP contribution is 2.19. The van der Waals surface area contributed by atoms with E-state index >= 15 is 0 Å². The standard InChI is InChI=1S/C9H9FN2O2/c10-7-4-12(5-7)8-2-1-6(3-11-8)9(13)14/h1-3,7H,4-5H2,(H,13,14). The van der Waals surface area contributed by atoms with Crippen LogP contribution in [0.15, 0.2) is 18.3 Å². The Kier molecular flexibility index (Phi) is 2.07. The highest BCUT2D eigenvalue weighted by Gasteiger charge is 2.27. The van der Waals surface area contributed by atoms with Crippen molar-refractivity contribution in [3.63, 3.8) is 0 Å². The van der Waals surface area contributed by atoms with Gasteiger partial charge in [-0.2, -0.15) is 0 Å². The lowest BCUT2D eigenvalue weighted by molar-refractivity contribution is 0.0696. The molecule has 1 aromatic heterocycles. The van der Waals surface area contributed by atoms with E-state index in [1.54, 1.807) is 11.0 Å². The fourth-order valence-electron chi connectivity index (χ4n) is 1.31. The average molecular weight is 196 g/mol. The molecular formula is C9H9FN2O2. The summed E-state index contributed by atoms with van der Waals surface area (Å²) >= 11 is 0. The number of rotatable bonds is 2. The monoisotopic (exact) mass is 196 g/mol. The lowest BCUT2D eigenvalue weighted by Gasteiger charge is -2.35. The van der Waals surface area contributed by atoms with Crippen molar-refractivity contribution in [1.82, 2.24) is 4.98 Å². The Morgan fingerprint density at radius 3 is 2.71 bits per heavy atom. The van der Waals surface area contributed by atoms with E-state index in [1.165, 1.54) is 12.3 Å². The Morgan fingerprint density at radius 2 is 2.29 bits per heavy atom. The molecule has 4 nitrogen and oxygen atoms in total. The Morgan fingerprint density at radius 1 is 1.57 bits per heavy atom. The third kappa shape index (κ3) is 1.53. The Labute approximate surface area is 80.0 Å². The van der Waals surface area contributed by atoms with E-state index in [0.717, 1.165) is 0 Å². The number of halogens is 1. The van der Waals surface area contributed by atoms with Gasteiger partial charge < -0.3 is 10.0 Å². The normalized spacial score (nSPS) is 16.5. The minimum atomic E-state index is -1.00. The van der Waals surface area contributed by atoms with Gasteiger partial charge in [0.05, 0.1) is 18.7 Å². The van der Waals surface area contributed by atoms with Crippen LogP contribution in [0.3, 0.4) is 0 Å². The van der Waals surface area contributed by atoms with Gasteiger partial charge in [-0.05, 0) is 12.1 Å². The van der Waals surface area contributed by atoms with Gasteiger partial charge in [0.1, 0.15) is 12.0 Å². The van der Waals surface area contributed by atoms with Crippen LogP contribution in [-0.4, -0.2) is 35.3 Å². The van der Waals surface area contributed by atoms with Gasteiger partial charge >= 0.3 is 5.97 Å². The molecular weight excluding hydrogens is 187 g/mol. The number of carbonyl (C=O) groups is 1. The smallest absolute Gasteiger partial charge is 0.337 e. The van der Waals surface area contributed by atoms with Crippen LogP contribution in [0, 0.1) is 0 Å². The van der Waals surface area contributed by atoms with Crippen molar-refractivity contribution in [3.8, 4) is 0 Å². The summed E-state index contributed by atoms with van der Waals surface area (Å²) in [6, 6.07) is 3.06. The van der Waals surface area contributed by atoms with Crippen LogP contribution < -0.4 is 4.90 Å². The predicted octanol–water partition coefficient (Wildman–Crippen LogP) is 0.938. The summed E-state index contributed by atoms with van der Waals surface area (Å²) in [6.45, 7) is 0.693. The van der Waals surface area contributed by atoms with Gasteiger partial charge in [-0.1, -0.05) is 0 Å². The van der Waals surface area contributed by atoms with Crippen LogP contribution in [0.1, 0.15) is 10.4 Å².